The van der Waals surface area contributed by atoms with E-state index < -0.39 is 5.41 Å². The van der Waals surface area contributed by atoms with Gasteiger partial charge in [0.1, 0.15) is 11.2 Å². The first-order valence-electron chi connectivity index (χ1n) is 5.71. The standard InChI is InChI=1S/C12H20O3/c1-4-8-12(11(14)15-3)9(2)6-5-7-10(12)13/h9H,4-8H2,1-3H3. The zero-order chi connectivity index (χ0) is 11.5. The molecule has 1 aliphatic rings. The third-order valence-corrected chi connectivity index (χ3v) is 3.57. The minimum absolute atomic E-state index is 0.0787. The lowest BCUT2D eigenvalue weighted by Gasteiger charge is -2.38. The van der Waals surface area contributed by atoms with Crippen molar-refractivity contribution in [2.24, 2.45) is 11.3 Å². The molecule has 15 heavy (non-hydrogen) atoms. The molecule has 0 saturated heterocycles. The van der Waals surface area contributed by atoms with E-state index in [4.69, 9.17) is 4.74 Å². The van der Waals surface area contributed by atoms with Crippen molar-refractivity contribution in [2.75, 3.05) is 7.11 Å². The highest BCUT2D eigenvalue weighted by atomic mass is 16.5. The van der Waals surface area contributed by atoms with Crippen LogP contribution in [0.25, 0.3) is 0 Å². The lowest BCUT2D eigenvalue weighted by molar-refractivity contribution is -0.164. The Labute approximate surface area is 91.2 Å². The molecule has 1 aliphatic carbocycles. The largest absolute Gasteiger partial charge is 0.468 e. The van der Waals surface area contributed by atoms with Gasteiger partial charge in [0.25, 0.3) is 0 Å². The van der Waals surface area contributed by atoms with Gasteiger partial charge in [0, 0.05) is 6.42 Å². The molecule has 1 fully saturated rings. The predicted octanol–water partition coefficient (Wildman–Crippen LogP) is 2.33. The number of ketones is 1. The zero-order valence-corrected chi connectivity index (χ0v) is 9.84. The smallest absolute Gasteiger partial charge is 0.319 e. The Hall–Kier alpha value is -0.860. The summed E-state index contributed by atoms with van der Waals surface area (Å²) in [6.07, 6.45) is 3.84. The van der Waals surface area contributed by atoms with Crippen molar-refractivity contribution in [1.29, 1.82) is 0 Å². The Bertz CT molecular complexity index is 250. The highest BCUT2D eigenvalue weighted by molar-refractivity contribution is 6.04. The van der Waals surface area contributed by atoms with Gasteiger partial charge in [0.05, 0.1) is 7.11 Å². The molecule has 3 heteroatoms. The van der Waals surface area contributed by atoms with Crippen molar-refractivity contribution in [3.05, 3.63) is 0 Å². The second-order valence-electron chi connectivity index (χ2n) is 4.43. The molecule has 0 aromatic heterocycles. The molecule has 0 N–H and O–H groups in total. The van der Waals surface area contributed by atoms with Crippen LogP contribution in [-0.4, -0.2) is 18.9 Å². The molecule has 2 atom stereocenters. The lowest BCUT2D eigenvalue weighted by Crippen LogP contribution is -2.47. The van der Waals surface area contributed by atoms with Crippen LogP contribution in [0.2, 0.25) is 0 Å². The molecular weight excluding hydrogens is 192 g/mol. The van der Waals surface area contributed by atoms with E-state index >= 15 is 0 Å². The second-order valence-corrected chi connectivity index (χ2v) is 4.43. The molecule has 86 valence electrons. The van der Waals surface area contributed by atoms with E-state index in [0.717, 1.165) is 19.3 Å². The minimum atomic E-state index is -0.845. The molecule has 0 amide bonds. The molecule has 1 rings (SSSR count). The van der Waals surface area contributed by atoms with Gasteiger partial charge in [-0.05, 0) is 25.2 Å². The Morgan fingerprint density at radius 1 is 1.60 bits per heavy atom. The van der Waals surface area contributed by atoms with Crippen LogP contribution in [0.4, 0.5) is 0 Å². The highest BCUT2D eigenvalue weighted by Crippen LogP contribution is 2.43. The first-order valence-corrected chi connectivity index (χ1v) is 5.71. The van der Waals surface area contributed by atoms with E-state index in [1.54, 1.807) is 0 Å². The number of rotatable bonds is 3. The summed E-state index contributed by atoms with van der Waals surface area (Å²) in [5.74, 6) is -0.136. The molecule has 2 unspecified atom stereocenters. The van der Waals surface area contributed by atoms with E-state index in [1.807, 2.05) is 13.8 Å². The summed E-state index contributed by atoms with van der Waals surface area (Å²) in [7, 11) is 1.37. The summed E-state index contributed by atoms with van der Waals surface area (Å²) in [4.78, 5) is 23.9. The van der Waals surface area contributed by atoms with E-state index in [2.05, 4.69) is 0 Å². The van der Waals surface area contributed by atoms with Crippen molar-refractivity contribution >= 4 is 11.8 Å². The van der Waals surface area contributed by atoms with E-state index in [9.17, 15) is 9.59 Å². The molecule has 0 spiro atoms. The number of methoxy groups -OCH3 is 1. The maximum Gasteiger partial charge on any atom is 0.319 e. The topological polar surface area (TPSA) is 43.4 Å². The van der Waals surface area contributed by atoms with Crippen molar-refractivity contribution in [3.63, 3.8) is 0 Å². The van der Waals surface area contributed by atoms with Crippen molar-refractivity contribution < 1.29 is 14.3 Å². The Morgan fingerprint density at radius 3 is 2.73 bits per heavy atom. The number of hydrogen-bond acceptors (Lipinski definition) is 3. The fourth-order valence-corrected chi connectivity index (χ4v) is 2.69. The molecule has 1 saturated carbocycles. The molecule has 0 aromatic rings. The Balaban J connectivity index is 3.04. The number of carbonyl (C=O) groups excluding carboxylic acids is 2. The van der Waals surface area contributed by atoms with E-state index in [0.29, 0.717) is 12.8 Å². The van der Waals surface area contributed by atoms with Crippen LogP contribution in [0.1, 0.15) is 46.0 Å². The van der Waals surface area contributed by atoms with Crippen LogP contribution in [0.3, 0.4) is 0 Å². The van der Waals surface area contributed by atoms with Crippen LogP contribution >= 0.6 is 0 Å². The Morgan fingerprint density at radius 2 is 2.27 bits per heavy atom. The van der Waals surface area contributed by atoms with Gasteiger partial charge in [0.2, 0.25) is 0 Å². The SMILES string of the molecule is CCCC1(C(=O)OC)C(=O)CCCC1C. The van der Waals surface area contributed by atoms with Crippen molar-refractivity contribution in [1.82, 2.24) is 0 Å². The van der Waals surface area contributed by atoms with Gasteiger partial charge in [-0.3, -0.25) is 9.59 Å². The third kappa shape index (κ3) is 1.92. The molecule has 0 aliphatic heterocycles. The molecular formula is C12H20O3. The number of ether oxygens (including phenoxy) is 1. The van der Waals surface area contributed by atoms with Crippen LogP contribution in [0.5, 0.6) is 0 Å². The first-order chi connectivity index (χ1) is 7.09. The monoisotopic (exact) mass is 212 g/mol. The van der Waals surface area contributed by atoms with Gasteiger partial charge in [-0.1, -0.05) is 20.3 Å². The fourth-order valence-electron chi connectivity index (χ4n) is 2.69. The van der Waals surface area contributed by atoms with Crippen LogP contribution < -0.4 is 0 Å². The molecule has 0 aromatic carbocycles. The molecule has 0 radical (unpaired) electrons. The third-order valence-electron chi connectivity index (χ3n) is 3.57. The summed E-state index contributed by atoms with van der Waals surface area (Å²) in [5.41, 5.74) is -0.845. The second kappa shape index (κ2) is 4.77. The average Bonchev–Trinajstić information content (AvgIpc) is 2.23. The van der Waals surface area contributed by atoms with Crippen molar-refractivity contribution in [2.45, 2.75) is 46.0 Å². The first kappa shape index (κ1) is 12.2. The van der Waals surface area contributed by atoms with Crippen molar-refractivity contribution in [3.8, 4) is 0 Å². The highest BCUT2D eigenvalue weighted by Gasteiger charge is 2.51. The van der Waals surface area contributed by atoms with Gasteiger partial charge in [0.15, 0.2) is 0 Å². The zero-order valence-electron chi connectivity index (χ0n) is 9.84. The Kier molecular flexibility index (Phi) is 3.89. The number of Topliss-reactive ketones (excluding diaryl/α,β-unsaturated/α-hetero) is 1. The quantitative estimate of drug-likeness (QED) is 0.532. The molecule has 0 bridgehead atoms. The van der Waals surface area contributed by atoms with Gasteiger partial charge in [-0.25, -0.2) is 0 Å². The number of hydrogen-bond donors (Lipinski definition) is 0. The van der Waals surface area contributed by atoms with Crippen LogP contribution in [0.15, 0.2) is 0 Å². The van der Waals surface area contributed by atoms with Gasteiger partial charge in [-0.2, -0.15) is 0 Å². The number of carbonyl (C=O) groups is 2. The van der Waals surface area contributed by atoms with Crippen LogP contribution in [-0.2, 0) is 14.3 Å². The number of esters is 1. The fraction of sp³-hybridized carbons (Fsp3) is 0.833. The predicted molar refractivity (Wildman–Crippen MR) is 57.4 cm³/mol. The van der Waals surface area contributed by atoms with Gasteiger partial charge in [-0.15, -0.1) is 0 Å². The summed E-state index contributed by atoms with van der Waals surface area (Å²) >= 11 is 0. The molecule has 3 nitrogen and oxygen atoms in total. The maximum atomic E-state index is 12.0. The van der Waals surface area contributed by atoms with E-state index in [1.165, 1.54) is 7.11 Å². The summed E-state index contributed by atoms with van der Waals surface area (Å²) < 4.78 is 4.83. The summed E-state index contributed by atoms with van der Waals surface area (Å²) in [5, 5.41) is 0. The summed E-state index contributed by atoms with van der Waals surface area (Å²) in [6.45, 7) is 3.99. The molecule has 0 heterocycles. The normalized spacial score (nSPS) is 31.4. The van der Waals surface area contributed by atoms with Crippen LogP contribution in [0, 0.1) is 11.3 Å². The average molecular weight is 212 g/mol. The minimum Gasteiger partial charge on any atom is -0.468 e. The maximum absolute atomic E-state index is 12.0. The lowest BCUT2D eigenvalue weighted by atomic mass is 9.64. The summed E-state index contributed by atoms with van der Waals surface area (Å²) in [6, 6.07) is 0. The van der Waals surface area contributed by atoms with Gasteiger partial charge >= 0.3 is 5.97 Å². The van der Waals surface area contributed by atoms with E-state index in [-0.39, 0.29) is 17.7 Å². The van der Waals surface area contributed by atoms with Gasteiger partial charge < -0.3 is 4.74 Å².